The third-order valence-electron chi connectivity index (χ3n) is 3.48. The molecule has 1 fully saturated rings. The number of ether oxygens (including phenoxy) is 1. The van der Waals surface area contributed by atoms with Gasteiger partial charge in [-0.2, -0.15) is 0 Å². The molecule has 5 heteroatoms. The molecule has 1 atom stereocenters. The van der Waals surface area contributed by atoms with Gasteiger partial charge in [-0.25, -0.2) is 0 Å². The maximum atomic E-state index is 12.2. The Morgan fingerprint density at radius 3 is 3.20 bits per heavy atom. The fourth-order valence-electron chi connectivity index (χ4n) is 2.46. The molecule has 2 heterocycles. The van der Waals surface area contributed by atoms with Crippen molar-refractivity contribution in [2.45, 2.75) is 19.4 Å². The first-order valence-corrected chi connectivity index (χ1v) is 7.75. The van der Waals surface area contributed by atoms with Crippen molar-refractivity contribution in [3.05, 3.63) is 28.0 Å². The molecule has 0 aromatic carbocycles. The average Bonchev–Trinajstić information content (AvgIpc) is 2.93. The van der Waals surface area contributed by atoms with Crippen molar-refractivity contribution in [2.75, 3.05) is 26.8 Å². The van der Waals surface area contributed by atoms with E-state index in [-0.39, 0.29) is 12.5 Å². The van der Waals surface area contributed by atoms with Gasteiger partial charge in [0, 0.05) is 31.2 Å². The van der Waals surface area contributed by atoms with Gasteiger partial charge in [-0.1, -0.05) is 0 Å². The molecule has 1 aromatic rings. The first-order valence-electron chi connectivity index (χ1n) is 6.87. The molecule has 0 spiro atoms. The molecule has 0 bridgehead atoms. The van der Waals surface area contributed by atoms with E-state index in [4.69, 9.17) is 9.84 Å². The number of thiophene rings is 1. The molecule has 20 heavy (non-hydrogen) atoms. The van der Waals surface area contributed by atoms with Crippen molar-refractivity contribution in [1.29, 1.82) is 0 Å². The molecule has 0 saturated carbocycles. The zero-order chi connectivity index (χ0) is 14.4. The van der Waals surface area contributed by atoms with Crippen molar-refractivity contribution in [2.24, 2.45) is 5.92 Å². The van der Waals surface area contributed by atoms with Crippen LogP contribution in [0.3, 0.4) is 0 Å². The van der Waals surface area contributed by atoms with Crippen LogP contribution >= 0.6 is 11.3 Å². The second kappa shape index (κ2) is 7.57. The molecule has 1 aromatic heterocycles. The van der Waals surface area contributed by atoms with Gasteiger partial charge < -0.3 is 14.7 Å². The summed E-state index contributed by atoms with van der Waals surface area (Å²) in [4.78, 5) is 15.0. The molecule has 1 aliphatic heterocycles. The highest BCUT2D eigenvalue weighted by atomic mass is 32.1. The Hall–Kier alpha value is -1.17. The number of amides is 1. The Balaban J connectivity index is 1.90. The van der Waals surface area contributed by atoms with E-state index >= 15 is 0 Å². The van der Waals surface area contributed by atoms with Gasteiger partial charge in [0.05, 0.1) is 13.2 Å². The highest BCUT2D eigenvalue weighted by Gasteiger charge is 2.22. The van der Waals surface area contributed by atoms with Crippen LogP contribution in [0.4, 0.5) is 0 Å². The lowest BCUT2D eigenvalue weighted by atomic mass is 9.99. The Labute approximate surface area is 123 Å². The van der Waals surface area contributed by atoms with Gasteiger partial charge in [0.1, 0.15) is 0 Å². The van der Waals surface area contributed by atoms with Crippen molar-refractivity contribution in [3.63, 3.8) is 0 Å². The summed E-state index contributed by atoms with van der Waals surface area (Å²) in [6, 6.07) is 1.90. The molecular formula is C15H21NO3S. The van der Waals surface area contributed by atoms with E-state index in [2.05, 4.69) is 0 Å². The number of carbonyl (C=O) groups excluding carboxylic acids is 1. The molecule has 0 aliphatic carbocycles. The van der Waals surface area contributed by atoms with Crippen molar-refractivity contribution in [1.82, 2.24) is 4.90 Å². The average molecular weight is 295 g/mol. The minimum absolute atomic E-state index is 0.0448. The van der Waals surface area contributed by atoms with Crippen LogP contribution < -0.4 is 0 Å². The van der Waals surface area contributed by atoms with Crippen LogP contribution in [0.15, 0.2) is 17.5 Å². The summed E-state index contributed by atoms with van der Waals surface area (Å²) >= 11 is 1.53. The van der Waals surface area contributed by atoms with Crippen LogP contribution in [0.2, 0.25) is 0 Å². The van der Waals surface area contributed by atoms with Crippen molar-refractivity contribution in [3.8, 4) is 0 Å². The zero-order valence-electron chi connectivity index (χ0n) is 11.7. The first-order chi connectivity index (χ1) is 9.72. The Morgan fingerprint density at radius 1 is 1.65 bits per heavy atom. The van der Waals surface area contributed by atoms with Gasteiger partial charge in [-0.15, -0.1) is 11.3 Å². The van der Waals surface area contributed by atoms with Crippen LogP contribution in [0.1, 0.15) is 23.3 Å². The van der Waals surface area contributed by atoms with Crippen molar-refractivity contribution < 1.29 is 14.6 Å². The molecule has 0 radical (unpaired) electrons. The molecule has 110 valence electrons. The van der Waals surface area contributed by atoms with Crippen LogP contribution in [0.5, 0.6) is 0 Å². The number of aliphatic hydroxyl groups is 1. The third-order valence-corrected chi connectivity index (χ3v) is 4.43. The van der Waals surface area contributed by atoms with E-state index in [9.17, 15) is 4.79 Å². The Kier molecular flexibility index (Phi) is 5.76. The number of hydrogen-bond acceptors (Lipinski definition) is 4. The lowest BCUT2D eigenvalue weighted by molar-refractivity contribution is -0.128. The van der Waals surface area contributed by atoms with E-state index in [0.717, 1.165) is 43.0 Å². The van der Waals surface area contributed by atoms with E-state index in [1.54, 1.807) is 13.2 Å². The normalized spacial score (nSPS) is 19.7. The molecule has 4 nitrogen and oxygen atoms in total. The fraction of sp³-hybridized carbons (Fsp3) is 0.533. The lowest BCUT2D eigenvalue weighted by Gasteiger charge is -2.31. The molecule has 1 saturated heterocycles. The molecular weight excluding hydrogens is 274 g/mol. The van der Waals surface area contributed by atoms with E-state index in [1.807, 2.05) is 22.4 Å². The number of nitrogens with zero attached hydrogens (tertiary/aromatic N) is 1. The Bertz CT molecular complexity index is 467. The molecule has 1 unspecified atom stereocenters. The number of piperidine rings is 1. The zero-order valence-corrected chi connectivity index (χ0v) is 12.6. The van der Waals surface area contributed by atoms with Gasteiger partial charge in [0.2, 0.25) is 5.91 Å². The van der Waals surface area contributed by atoms with Crippen LogP contribution in [-0.4, -0.2) is 42.7 Å². The minimum atomic E-state index is 0.0448. The third kappa shape index (κ3) is 4.16. The maximum Gasteiger partial charge on any atom is 0.246 e. The van der Waals surface area contributed by atoms with Gasteiger partial charge in [-0.3, -0.25) is 4.79 Å². The highest BCUT2D eigenvalue weighted by Crippen LogP contribution is 2.19. The van der Waals surface area contributed by atoms with Gasteiger partial charge in [-0.05, 0) is 41.8 Å². The summed E-state index contributed by atoms with van der Waals surface area (Å²) in [5.41, 5.74) is 0.889. The predicted molar refractivity (Wildman–Crippen MR) is 80.5 cm³/mol. The summed E-state index contributed by atoms with van der Waals surface area (Å²) in [6.45, 7) is 2.38. The molecule has 1 aliphatic rings. The van der Waals surface area contributed by atoms with Crippen LogP contribution in [0, 0.1) is 5.92 Å². The van der Waals surface area contributed by atoms with Crippen LogP contribution in [-0.2, 0) is 16.1 Å². The lowest BCUT2D eigenvalue weighted by Crippen LogP contribution is -2.40. The number of likely N-dealkylation sites (tertiary alicyclic amines) is 1. The van der Waals surface area contributed by atoms with E-state index in [1.165, 1.54) is 11.3 Å². The largest absolute Gasteiger partial charge is 0.392 e. The van der Waals surface area contributed by atoms with Crippen molar-refractivity contribution >= 4 is 23.3 Å². The standard InChI is InChI=1S/C15H21NO3S/c1-19-10-12-3-2-6-16(8-12)15(18)5-4-14-7-13(9-17)11-20-14/h4-5,7,11-12,17H,2-3,6,8-10H2,1H3. The summed E-state index contributed by atoms with van der Waals surface area (Å²) in [6.07, 6.45) is 5.63. The second-order valence-electron chi connectivity index (χ2n) is 5.10. The number of methoxy groups -OCH3 is 1. The van der Waals surface area contributed by atoms with E-state index in [0.29, 0.717) is 5.92 Å². The van der Waals surface area contributed by atoms with Gasteiger partial charge in [0.25, 0.3) is 0 Å². The fourth-order valence-corrected chi connectivity index (χ4v) is 3.26. The second-order valence-corrected chi connectivity index (χ2v) is 6.04. The van der Waals surface area contributed by atoms with Crippen LogP contribution in [0.25, 0.3) is 6.08 Å². The quantitative estimate of drug-likeness (QED) is 0.847. The summed E-state index contributed by atoms with van der Waals surface area (Å²) in [5.74, 6) is 0.513. The number of hydrogen-bond donors (Lipinski definition) is 1. The number of carbonyl (C=O) groups is 1. The highest BCUT2D eigenvalue weighted by molar-refractivity contribution is 7.11. The topological polar surface area (TPSA) is 49.8 Å². The minimum Gasteiger partial charge on any atom is -0.392 e. The smallest absolute Gasteiger partial charge is 0.246 e. The SMILES string of the molecule is COCC1CCCN(C(=O)C=Cc2cc(CO)cs2)C1. The first kappa shape index (κ1) is 15.2. The number of aliphatic hydroxyl groups excluding tert-OH is 1. The van der Waals surface area contributed by atoms with E-state index < -0.39 is 0 Å². The molecule has 2 rings (SSSR count). The van der Waals surface area contributed by atoms with Gasteiger partial charge >= 0.3 is 0 Å². The summed E-state index contributed by atoms with van der Waals surface area (Å²) in [5, 5.41) is 10.9. The number of rotatable bonds is 5. The maximum absolute atomic E-state index is 12.2. The molecule has 1 N–H and O–H groups in total. The Morgan fingerprint density at radius 2 is 2.50 bits per heavy atom. The molecule has 1 amide bonds. The predicted octanol–water partition coefficient (Wildman–Crippen LogP) is 2.14. The van der Waals surface area contributed by atoms with Gasteiger partial charge in [0.15, 0.2) is 0 Å². The summed E-state index contributed by atoms with van der Waals surface area (Å²) in [7, 11) is 1.70. The summed E-state index contributed by atoms with van der Waals surface area (Å²) < 4.78 is 5.18. The monoisotopic (exact) mass is 295 g/mol.